The highest BCUT2D eigenvalue weighted by Crippen LogP contribution is 2.27. The van der Waals surface area contributed by atoms with Gasteiger partial charge in [0.25, 0.3) is 0 Å². The Bertz CT molecular complexity index is 477. The molecule has 0 saturated carbocycles. The molecule has 0 bridgehead atoms. The zero-order valence-electron chi connectivity index (χ0n) is 9.14. The molecule has 2 rings (SSSR count). The summed E-state index contributed by atoms with van der Waals surface area (Å²) in [5, 5.41) is 10.1. The number of aryl methyl sites for hydroxylation is 2. The maximum absolute atomic E-state index is 9.18. The van der Waals surface area contributed by atoms with Crippen molar-refractivity contribution in [2.45, 2.75) is 23.8 Å². The van der Waals surface area contributed by atoms with E-state index in [1.165, 1.54) is 0 Å². The van der Waals surface area contributed by atoms with Crippen LogP contribution in [0.5, 0.6) is 5.75 Å². The molecule has 1 aromatic heterocycles. The van der Waals surface area contributed by atoms with Crippen LogP contribution in [-0.4, -0.2) is 15.1 Å². The molecule has 2 aromatic rings. The van der Waals surface area contributed by atoms with Crippen molar-refractivity contribution < 1.29 is 5.11 Å². The lowest BCUT2D eigenvalue weighted by atomic mass is 10.3. The second-order valence-electron chi connectivity index (χ2n) is 3.49. The summed E-state index contributed by atoms with van der Waals surface area (Å²) in [5.74, 6) is 1.06. The Morgan fingerprint density at radius 3 is 2.38 bits per heavy atom. The van der Waals surface area contributed by atoms with Gasteiger partial charge in [-0.25, -0.2) is 9.97 Å². The first-order valence-corrected chi connectivity index (χ1v) is 5.74. The van der Waals surface area contributed by atoms with Crippen molar-refractivity contribution in [3.05, 3.63) is 41.9 Å². The lowest BCUT2D eigenvalue weighted by Crippen LogP contribution is -1.92. The third-order valence-electron chi connectivity index (χ3n) is 2.00. The van der Waals surface area contributed by atoms with E-state index in [0.29, 0.717) is 0 Å². The van der Waals surface area contributed by atoms with Crippen molar-refractivity contribution in [2.75, 3.05) is 0 Å². The van der Waals surface area contributed by atoms with E-state index in [2.05, 4.69) is 9.97 Å². The zero-order chi connectivity index (χ0) is 11.5. The van der Waals surface area contributed by atoms with Crippen molar-refractivity contribution in [2.24, 2.45) is 0 Å². The Labute approximate surface area is 98.6 Å². The summed E-state index contributed by atoms with van der Waals surface area (Å²) in [7, 11) is 0. The smallest absolute Gasteiger partial charge is 0.126 e. The highest BCUT2D eigenvalue weighted by atomic mass is 32.2. The van der Waals surface area contributed by atoms with Gasteiger partial charge in [-0.15, -0.1) is 0 Å². The van der Waals surface area contributed by atoms with E-state index in [1.807, 2.05) is 32.0 Å². The normalized spacial score (nSPS) is 10.4. The molecule has 3 nitrogen and oxygen atoms in total. The highest BCUT2D eigenvalue weighted by molar-refractivity contribution is 7.99. The summed E-state index contributed by atoms with van der Waals surface area (Å²) in [6.07, 6.45) is 0. The van der Waals surface area contributed by atoms with Gasteiger partial charge in [0.05, 0.1) is 0 Å². The Morgan fingerprint density at radius 2 is 1.75 bits per heavy atom. The van der Waals surface area contributed by atoms with Gasteiger partial charge in [-0.1, -0.05) is 11.8 Å². The fraction of sp³-hybridized carbons (Fsp3) is 0.167. The summed E-state index contributed by atoms with van der Waals surface area (Å²) >= 11 is 1.56. The summed E-state index contributed by atoms with van der Waals surface area (Å²) in [6.45, 7) is 3.84. The molecular formula is C12H12N2OS. The number of aromatic hydroxyl groups is 1. The highest BCUT2D eigenvalue weighted by Gasteiger charge is 2.01. The Balaban J connectivity index is 2.23. The monoisotopic (exact) mass is 232 g/mol. The predicted octanol–water partition coefficient (Wildman–Crippen LogP) is 2.95. The van der Waals surface area contributed by atoms with Gasteiger partial charge in [0.2, 0.25) is 0 Å². The van der Waals surface area contributed by atoms with Crippen molar-refractivity contribution in [1.29, 1.82) is 0 Å². The van der Waals surface area contributed by atoms with Gasteiger partial charge < -0.3 is 5.11 Å². The number of phenols is 1. The number of hydrogen-bond donors (Lipinski definition) is 1. The minimum absolute atomic E-state index is 0.277. The van der Waals surface area contributed by atoms with Crippen molar-refractivity contribution in [3.8, 4) is 5.75 Å². The average molecular weight is 232 g/mol. The molecule has 0 unspecified atom stereocenters. The van der Waals surface area contributed by atoms with Crippen molar-refractivity contribution in [1.82, 2.24) is 9.97 Å². The third-order valence-corrected chi connectivity index (χ3v) is 2.93. The number of hydrogen-bond acceptors (Lipinski definition) is 4. The van der Waals surface area contributed by atoms with Crippen LogP contribution in [0.15, 0.2) is 40.3 Å². The van der Waals surface area contributed by atoms with Crippen LogP contribution >= 0.6 is 11.8 Å². The van der Waals surface area contributed by atoms with E-state index in [9.17, 15) is 5.11 Å². The first-order valence-electron chi connectivity index (χ1n) is 4.92. The summed E-state index contributed by atoms with van der Waals surface area (Å²) < 4.78 is 0. The van der Waals surface area contributed by atoms with Crippen LogP contribution in [0.4, 0.5) is 0 Å². The Morgan fingerprint density at radius 1 is 1.06 bits per heavy atom. The SMILES string of the molecule is Cc1cc(Sc2ccc(O)cc2)nc(C)n1. The van der Waals surface area contributed by atoms with E-state index >= 15 is 0 Å². The first kappa shape index (κ1) is 11.0. The molecule has 0 radical (unpaired) electrons. The maximum Gasteiger partial charge on any atom is 0.126 e. The van der Waals surface area contributed by atoms with Crippen LogP contribution in [0.25, 0.3) is 0 Å². The summed E-state index contributed by atoms with van der Waals surface area (Å²) in [4.78, 5) is 9.62. The average Bonchev–Trinajstić information content (AvgIpc) is 2.20. The van der Waals surface area contributed by atoms with E-state index in [4.69, 9.17) is 0 Å². The van der Waals surface area contributed by atoms with E-state index in [1.54, 1.807) is 23.9 Å². The molecule has 0 saturated heterocycles. The fourth-order valence-corrected chi connectivity index (χ4v) is 2.29. The van der Waals surface area contributed by atoms with Crippen LogP contribution < -0.4 is 0 Å². The molecule has 0 aliphatic heterocycles. The Kier molecular flexibility index (Phi) is 3.10. The number of rotatable bonds is 2. The molecule has 4 heteroatoms. The topological polar surface area (TPSA) is 46.0 Å². The van der Waals surface area contributed by atoms with E-state index in [0.717, 1.165) is 21.4 Å². The molecule has 0 aliphatic rings. The first-order chi connectivity index (χ1) is 7.63. The third kappa shape index (κ3) is 2.73. The predicted molar refractivity (Wildman–Crippen MR) is 63.7 cm³/mol. The van der Waals surface area contributed by atoms with Gasteiger partial charge in [-0.2, -0.15) is 0 Å². The van der Waals surface area contributed by atoms with Crippen LogP contribution in [0, 0.1) is 13.8 Å². The molecule has 0 atom stereocenters. The number of benzene rings is 1. The van der Waals surface area contributed by atoms with Gasteiger partial charge in [0, 0.05) is 10.6 Å². The molecule has 16 heavy (non-hydrogen) atoms. The van der Waals surface area contributed by atoms with Gasteiger partial charge in [-0.3, -0.25) is 0 Å². The molecular weight excluding hydrogens is 220 g/mol. The number of phenolic OH excluding ortho intramolecular Hbond substituents is 1. The largest absolute Gasteiger partial charge is 0.508 e. The molecule has 0 fully saturated rings. The summed E-state index contributed by atoms with van der Waals surface area (Å²) in [5.41, 5.74) is 0.966. The summed E-state index contributed by atoms with van der Waals surface area (Å²) in [6, 6.07) is 9.02. The molecule has 0 amide bonds. The van der Waals surface area contributed by atoms with Crippen molar-refractivity contribution >= 4 is 11.8 Å². The minimum atomic E-state index is 0.277. The van der Waals surface area contributed by atoms with Gasteiger partial charge >= 0.3 is 0 Å². The molecule has 1 N–H and O–H groups in total. The lowest BCUT2D eigenvalue weighted by Gasteiger charge is -2.03. The molecule has 82 valence electrons. The van der Waals surface area contributed by atoms with Gasteiger partial charge in [0.15, 0.2) is 0 Å². The van der Waals surface area contributed by atoms with Crippen LogP contribution in [-0.2, 0) is 0 Å². The minimum Gasteiger partial charge on any atom is -0.508 e. The van der Waals surface area contributed by atoms with Crippen LogP contribution in [0.3, 0.4) is 0 Å². The second kappa shape index (κ2) is 4.53. The second-order valence-corrected chi connectivity index (χ2v) is 4.58. The van der Waals surface area contributed by atoms with E-state index < -0.39 is 0 Å². The van der Waals surface area contributed by atoms with Gasteiger partial charge in [0.1, 0.15) is 16.6 Å². The standard InChI is InChI=1S/C12H12N2OS/c1-8-7-12(14-9(2)13-8)16-11-5-3-10(15)4-6-11/h3-7,15H,1-2H3. The van der Waals surface area contributed by atoms with Crippen molar-refractivity contribution in [3.63, 3.8) is 0 Å². The molecule has 1 aromatic carbocycles. The molecule has 0 spiro atoms. The molecule has 1 heterocycles. The van der Waals surface area contributed by atoms with Crippen LogP contribution in [0.2, 0.25) is 0 Å². The zero-order valence-corrected chi connectivity index (χ0v) is 9.95. The number of aromatic nitrogens is 2. The molecule has 0 aliphatic carbocycles. The van der Waals surface area contributed by atoms with E-state index in [-0.39, 0.29) is 5.75 Å². The fourth-order valence-electron chi connectivity index (χ4n) is 1.37. The number of nitrogens with zero attached hydrogens (tertiary/aromatic N) is 2. The van der Waals surface area contributed by atoms with Crippen LogP contribution in [0.1, 0.15) is 11.5 Å². The Hall–Kier alpha value is -1.55. The lowest BCUT2D eigenvalue weighted by molar-refractivity contribution is 0.475. The van der Waals surface area contributed by atoms with Gasteiger partial charge in [-0.05, 0) is 44.2 Å². The quantitative estimate of drug-likeness (QED) is 0.809. The maximum atomic E-state index is 9.18.